The first-order chi connectivity index (χ1) is 16.7. The summed E-state index contributed by atoms with van der Waals surface area (Å²) in [7, 11) is 2.16. The molecule has 3 fully saturated rings. The van der Waals surface area contributed by atoms with E-state index in [0.29, 0.717) is 17.9 Å². The van der Waals surface area contributed by atoms with Crippen LogP contribution in [0.3, 0.4) is 0 Å². The van der Waals surface area contributed by atoms with Gasteiger partial charge in [0.15, 0.2) is 0 Å². The van der Waals surface area contributed by atoms with E-state index in [1.807, 2.05) is 0 Å². The number of piperidine rings is 1. The van der Waals surface area contributed by atoms with Crippen LogP contribution in [0.2, 0.25) is 0 Å². The van der Waals surface area contributed by atoms with Crippen molar-refractivity contribution in [2.75, 3.05) is 26.7 Å². The second kappa shape index (κ2) is 9.33. The summed E-state index contributed by atoms with van der Waals surface area (Å²) in [5, 5.41) is 3.50. The van der Waals surface area contributed by atoms with Gasteiger partial charge in [-0.25, -0.2) is 5.43 Å². The molecule has 1 aliphatic carbocycles. The summed E-state index contributed by atoms with van der Waals surface area (Å²) in [6, 6.07) is 18.2. The molecule has 0 aromatic heterocycles. The number of rotatable bonds is 4. The predicted molar refractivity (Wildman–Crippen MR) is 133 cm³/mol. The highest BCUT2D eigenvalue weighted by Crippen LogP contribution is 2.42. The van der Waals surface area contributed by atoms with Gasteiger partial charge in [0.1, 0.15) is 5.75 Å². The summed E-state index contributed by atoms with van der Waals surface area (Å²) in [4.78, 5) is 15.9. The lowest BCUT2D eigenvalue weighted by Crippen LogP contribution is -2.52. The first kappa shape index (κ1) is 22.1. The lowest BCUT2D eigenvalue weighted by molar-refractivity contribution is -0.127. The van der Waals surface area contributed by atoms with Crippen LogP contribution < -0.4 is 20.9 Å². The third-order valence-corrected chi connectivity index (χ3v) is 8.57. The van der Waals surface area contributed by atoms with Crippen LogP contribution in [-0.4, -0.2) is 49.6 Å². The van der Waals surface area contributed by atoms with Crippen molar-refractivity contribution in [2.24, 2.45) is 11.8 Å². The van der Waals surface area contributed by atoms with Gasteiger partial charge in [-0.05, 0) is 68.0 Å². The third-order valence-electron chi connectivity index (χ3n) is 8.57. The molecule has 3 heterocycles. The number of likely N-dealkylation sites (tertiary alicyclic amines) is 1. The minimum atomic E-state index is 0.0758. The molecule has 1 amide bonds. The summed E-state index contributed by atoms with van der Waals surface area (Å²) in [6.07, 6.45) is 4.98. The summed E-state index contributed by atoms with van der Waals surface area (Å²) in [6.45, 7) is 2.76. The van der Waals surface area contributed by atoms with Gasteiger partial charge in [0, 0.05) is 36.9 Å². The Hall–Kier alpha value is -2.41. The average molecular weight is 461 g/mol. The molecule has 2 saturated heterocycles. The van der Waals surface area contributed by atoms with E-state index >= 15 is 0 Å². The molecule has 4 unspecified atom stereocenters. The Kier molecular flexibility index (Phi) is 6.06. The molecular weight excluding hydrogens is 424 g/mol. The number of ether oxygens (including phenoxy) is 1. The number of fused-ring (bicyclic) bond motifs is 2. The molecule has 4 aliphatic rings. The number of hydrogen-bond donors (Lipinski definition) is 3. The zero-order chi connectivity index (χ0) is 23.1. The minimum Gasteiger partial charge on any atom is -0.493 e. The Bertz CT molecular complexity index is 1030. The highest BCUT2D eigenvalue weighted by molar-refractivity contribution is 5.79. The van der Waals surface area contributed by atoms with E-state index in [-0.39, 0.29) is 23.9 Å². The summed E-state index contributed by atoms with van der Waals surface area (Å²) in [5.41, 5.74) is 11.0. The van der Waals surface area contributed by atoms with E-state index < -0.39 is 0 Å². The van der Waals surface area contributed by atoms with Crippen LogP contribution >= 0.6 is 0 Å². The number of nitrogens with zero attached hydrogens (tertiary/aromatic N) is 1. The quantitative estimate of drug-likeness (QED) is 0.654. The van der Waals surface area contributed by atoms with Crippen LogP contribution in [0, 0.1) is 11.8 Å². The van der Waals surface area contributed by atoms with E-state index in [0.717, 1.165) is 57.6 Å². The Balaban J connectivity index is 1.15. The lowest BCUT2D eigenvalue weighted by Gasteiger charge is -2.39. The standard InChI is InChI=1S/C28H36N4O2/c1-32-13-11-22(18-5-3-2-4-6-18)25(17-32)29-28(33)21-7-9-24-23(16-21)27(31-30-24)20-8-10-26-19(15-20)12-14-34-26/h2-6,8,10,15,21-25,27,30-31H,7,9,11-14,16-17H2,1H3,(H,29,33)/t21?,22-,23?,24?,25+,27?/m0/s1. The number of benzene rings is 2. The van der Waals surface area contributed by atoms with E-state index in [4.69, 9.17) is 4.74 Å². The fraction of sp³-hybridized carbons (Fsp3) is 0.536. The number of carbonyl (C=O) groups is 1. The number of likely N-dealkylation sites (N-methyl/N-ethyl adjacent to an activating group) is 1. The van der Waals surface area contributed by atoms with Crippen LogP contribution in [0.5, 0.6) is 5.75 Å². The normalized spacial score (nSPS) is 33.1. The van der Waals surface area contributed by atoms with Crippen molar-refractivity contribution in [1.29, 1.82) is 0 Å². The van der Waals surface area contributed by atoms with Gasteiger partial charge in [-0.2, -0.15) is 0 Å². The summed E-state index contributed by atoms with van der Waals surface area (Å²) >= 11 is 0. The number of nitrogens with one attached hydrogen (secondary N) is 3. The van der Waals surface area contributed by atoms with Gasteiger partial charge in [0.2, 0.25) is 5.91 Å². The largest absolute Gasteiger partial charge is 0.493 e. The molecule has 34 heavy (non-hydrogen) atoms. The van der Waals surface area contributed by atoms with Crippen molar-refractivity contribution >= 4 is 5.91 Å². The fourth-order valence-corrected chi connectivity index (χ4v) is 6.69. The monoisotopic (exact) mass is 460 g/mol. The maximum absolute atomic E-state index is 13.5. The van der Waals surface area contributed by atoms with Crippen LogP contribution in [0.25, 0.3) is 0 Å². The van der Waals surface area contributed by atoms with Crippen molar-refractivity contribution < 1.29 is 9.53 Å². The highest BCUT2D eigenvalue weighted by Gasteiger charge is 2.43. The molecule has 6 atom stereocenters. The van der Waals surface area contributed by atoms with Crippen LogP contribution in [-0.2, 0) is 11.2 Å². The first-order valence-electron chi connectivity index (χ1n) is 13.0. The molecule has 6 rings (SSSR count). The van der Waals surface area contributed by atoms with Gasteiger partial charge in [-0.15, -0.1) is 0 Å². The molecule has 180 valence electrons. The molecule has 0 radical (unpaired) electrons. The van der Waals surface area contributed by atoms with Gasteiger partial charge in [-0.3, -0.25) is 10.2 Å². The van der Waals surface area contributed by atoms with E-state index in [1.165, 1.54) is 16.7 Å². The smallest absolute Gasteiger partial charge is 0.223 e. The van der Waals surface area contributed by atoms with Crippen molar-refractivity contribution in [3.63, 3.8) is 0 Å². The molecule has 3 aliphatic heterocycles. The second-order valence-corrected chi connectivity index (χ2v) is 10.7. The number of carbonyl (C=O) groups excluding carboxylic acids is 1. The number of hydrogen-bond acceptors (Lipinski definition) is 5. The molecule has 2 aromatic rings. The van der Waals surface area contributed by atoms with Gasteiger partial charge in [0.05, 0.1) is 12.6 Å². The maximum Gasteiger partial charge on any atom is 0.223 e. The van der Waals surface area contributed by atoms with Crippen LogP contribution in [0.1, 0.15) is 54.3 Å². The van der Waals surface area contributed by atoms with Gasteiger partial charge in [-0.1, -0.05) is 42.5 Å². The molecule has 0 bridgehead atoms. The Morgan fingerprint density at radius 2 is 1.94 bits per heavy atom. The Morgan fingerprint density at radius 3 is 2.82 bits per heavy atom. The van der Waals surface area contributed by atoms with E-state index in [2.05, 4.69) is 76.6 Å². The molecular formula is C28H36N4O2. The third kappa shape index (κ3) is 4.23. The molecule has 3 N–H and O–H groups in total. The summed E-state index contributed by atoms with van der Waals surface area (Å²) in [5.74, 6) is 2.15. The first-order valence-corrected chi connectivity index (χ1v) is 13.0. The van der Waals surface area contributed by atoms with E-state index in [1.54, 1.807) is 0 Å². The van der Waals surface area contributed by atoms with Crippen molar-refractivity contribution in [2.45, 2.75) is 56.1 Å². The molecule has 6 heteroatoms. The fourth-order valence-electron chi connectivity index (χ4n) is 6.69. The Morgan fingerprint density at radius 1 is 1.06 bits per heavy atom. The molecule has 1 saturated carbocycles. The van der Waals surface area contributed by atoms with E-state index in [9.17, 15) is 4.79 Å². The van der Waals surface area contributed by atoms with Gasteiger partial charge in [0.25, 0.3) is 0 Å². The lowest BCUT2D eigenvalue weighted by atomic mass is 9.74. The van der Waals surface area contributed by atoms with Crippen molar-refractivity contribution in [3.05, 3.63) is 65.2 Å². The topological polar surface area (TPSA) is 65.6 Å². The zero-order valence-electron chi connectivity index (χ0n) is 20.0. The van der Waals surface area contributed by atoms with Crippen molar-refractivity contribution in [1.82, 2.24) is 21.1 Å². The van der Waals surface area contributed by atoms with Gasteiger partial charge >= 0.3 is 0 Å². The minimum absolute atomic E-state index is 0.0758. The number of hydrazine groups is 1. The Labute approximate surface area is 202 Å². The molecule has 6 nitrogen and oxygen atoms in total. The maximum atomic E-state index is 13.5. The number of amides is 1. The average Bonchev–Trinajstić information content (AvgIpc) is 3.50. The van der Waals surface area contributed by atoms with Crippen LogP contribution in [0.15, 0.2) is 48.5 Å². The highest BCUT2D eigenvalue weighted by atomic mass is 16.5. The summed E-state index contributed by atoms with van der Waals surface area (Å²) < 4.78 is 5.70. The van der Waals surface area contributed by atoms with Gasteiger partial charge < -0.3 is 15.0 Å². The SMILES string of the molecule is CN1CC[C@@H](c2ccccc2)[C@H](NC(=O)C2CCC3NNC(c4ccc5c(c4)CCO5)C3C2)C1. The second-order valence-electron chi connectivity index (χ2n) is 10.7. The molecule has 2 aromatic carbocycles. The van der Waals surface area contributed by atoms with Crippen LogP contribution in [0.4, 0.5) is 0 Å². The molecule has 0 spiro atoms. The predicted octanol–water partition coefficient (Wildman–Crippen LogP) is 3.16. The zero-order valence-corrected chi connectivity index (χ0v) is 20.0. The van der Waals surface area contributed by atoms with Crippen molar-refractivity contribution in [3.8, 4) is 5.75 Å².